The molecule has 47 heavy (non-hydrogen) atoms. The highest BCUT2D eigenvalue weighted by molar-refractivity contribution is 7.47. The van der Waals surface area contributed by atoms with E-state index in [2.05, 4.69) is 19.2 Å². The lowest BCUT2D eigenvalue weighted by molar-refractivity contribution is -0.161. The topological polar surface area (TPSA) is 120 Å². The Morgan fingerprint density at radius 3 is 1.36 bits per heavy atom. The molecule has 2 unspecified atom stereocenters. The van der Waals surface area contributed by atoms with Gasteiger partial charge in [0.15, 0.2) is 6.10 Å². The number of likely N-dealkylation sites (N-methyl/N-ethyl adjacent to an activating group) is 1. The fourth-order valence-corrected chi connectivity index (χ4v) is 6.25. The van der Waals surface area contributed by atoms with E-state index in [0.29, 0.717) is 19.4 Å². The minimum Gasteiger partial charge on any atom is -0.462 e. The fourth-order valence-electron chi connectivity index (χ4n) is 5.49. The van der Waals surface area contributed by atoms with E-state index in [1.165, 1.54) is 122 Å². The molecule has 0 aliphatic carbocycles. The van der Waals surface area contributed by atoms with Crippen molar-refractivity contribution in [2.24, 2.45) is 0 Å². The zero-order valence-electron chi connectivity index (χ0n) is 30.7. The minimum absolute atomic E-state index is 0.0121. The van der Waals surface area contributed by atoms with E-state index in [1.807, 2.05) is 0 Å². The Labute approximate surface area is 289 Å². The van der Waals surface area contributed by atoms with Gasteiger partial charge in [-0.2, -0.15) is 0 Å². The molecule has 0 aromatic rings. The number of ether oxygens (including phenoxy) is 2. The van der Waals surface area contributed by atoms with Crippen LogP contribution in [0.15, 0.2) is 0 Å². The van der Waals surface area contributed by atoms with E-state index < -0.39 is 26.5 Å². The summed E-state index contributed by atoms with van der Waals surface area (Å²) in [6, 6.07) is 0. The van der Waals surface area contributed by atoms with Crippen LogP contribution in [-0.2, 0) is 32.7 Å². The lowest BCUT2D eigenvalue weighted by Gasteiger charge is -2.20. The van der Waals surface area contributed by atoms with Crippen molar-refractivity contribution < 1.29 is 37.6 Å². The van der Waals surface area contributed by atoms with E-state index in [0.717, 1.165) is 32.1 Å². The number of carbonyl (C=O) groups is 2. The first-order valence-electron chi connectivity index (χ1n) is 19.5. The second-order valence-corrected chi connectivity index (χ2v) is 14.6. The number of hydrogen-bond acceptors (Lipinski definition) is 8. The highest BCUT2D eigenvalue weighted by atomic mass is 31.2. The first-order chi connectivity index (χ1) is 22.8. The van der Waals surface area contributed by atoms with Crippen LogP contribution in [0, 0.1) is 0 Å². The largest absolute Gasteiger partial charge is 0.472 e. The van der Waals surface area contributed by atoms with Crippen LogP contribution in [0.4, 0.5) is 0 Å². The first-order valence-corrected chi connectivity index (χ1v) is 21.0. The Morgan fingerprint density at radius 2 is 0.957 bits per heavy atom. The van der Waals surface area contributed by atoms with Gasteiger partial charge in [-0.3, -0.25) is 18.6 Å². The molecule has 0 amide bonds. The second-order valence-electron chi connectivity index (χ2n) is 13.1. The molecule has 0 saturated heterocycles. The third-order valence-corrected chi connectivity index (χ3v) is 9.46. The van der Waals surface area contributed by atoms with Gasteiger partial charge in [-0.25, -0.2) is 4.57 Å². The van der Waals surface area contributed by atoms with Crippen molar-refractivity contribution in [2.75, 3.05) is 33.4 Å². The van der Waals surface area contributed by atoms with Crippen LogP contribution >= 0.6 is 7.82 Å². The molecule has 0 saturated carbocycles. The van der Waals surface area contributed by atoms with Gasteiger partial charge in [-0.1, -0.05) is 162 Å². The minimum atomic E-state index is -4.33. The summed E-state index contributed by atoms with van der Waals surface area (Å²) in [6.07, 6.45) is 29.9. The maximum Gasteiger partial charge on any atom is 0.472 e. The third kappa shape index (κ3) is 34.7. The first kappa shape index (κ1) is 46.0. The molecule has 9 nitrogen and oxygen atoms in total. The molecule has 0 aliphatic heterocycles. The van der Waals surface area contributed by atoms with E-state index >= 15 is 0 Å². The SMILES string of the molecule is CCCCCCCCCCCCCCCC(=O)OC(COC(=O)CCCCCCCCCCCCCC)COP(=O)(O)OCCNC. The molecule has 0 aromatic carbocycles. The average Bonchev–Trinajstić information content (AvgIpc) is 3.05. The monoisotopic (exact) mass is 692 g/mol. The highest BCUT2D eigenvalue weighted by Gasteiger charge is 2.26. The molecule has 0 radical (unpaired) electrons. The van der Waals surface area contributed by atoms with Crippen LogP contribution in [0.25, 0.3) is 0 Å². The number of carbonyl (C=O) groups excluding carboxylic acids is 2. The lowest BCUT2D eigenvalue weighted by Crippen LogP contribution is -2.29. The summed E-state index contributed by atoms with van der Waals surface area (Å²) in [4.78, 5) is 34.9. The fraction of sp³-hybridized carbons (Fsp3) is 0.946. The van der Waals surface area contributed by atoms with Crippen molar-refractivity contribution in [1.29, 1.82) is 0 Å². The van der Waals surface area contributed by atoms with Crippen LogP contribution in [-0.4, -0.2) is 56.3 Å². The number of hydrogen-bond donors (Lipinski definition) is 2. The van der Waals surface area contributed by atoms with Gasteiger partial charge in [0, 0.05) is 19.4 Å². The molecule has 2 atom stereocenters. The van der Waals surface area contributed by atoms with Gasteiger partial charge < -0.3 is 19.7 Å². The number of rotatable bonds is 37. The maximum absolute atomic E-state index is 12.5. The third-order valence-electron chi connectivity index (χ3n) is 8.48. The zero-order valence-corrected chi connectivity index (χ0v) is 31.6. The Hall–Kier alpha value is -0.990. The Bertz CT molecular complexity index is 754. The molecule has 0 rings (SSSR count). The molecule has 2 N–H and O–H groups in total. The van der Waals surface area contributed by atoms with Gasteiger partial charge in [0.1, 0.15) is 6.61 Å². The standard InChI is InChI=1S/C37H74NO8P/c1-4-6-8-10-12-14-16-18-20-22-24-26-28-30-37(40)46-35(34-45-47(41,42)44-32-31-38-3)33-43-36(39)29-27-25-23-21-19-17-15-13-11-9-7-5-2/h35,38H,4-34H2,1-3H3,(H,41,42). The van der Waals surface area contributed by atoms with Crippen molar-refractivity contribution in [2.45, 2.75) is 193 Å². The quantitative estimate of drug-likeness (QED) is 0.0372. The predicted octanol–water partition coefficient (Wildman–Crippen LogP) is 10.4. The van der Waals surface area contributed by atoms with E-state index in [9.17, 15) is 19.0 Å². The van der Waals surface area contributed by atoms with E-state index in [4.69, 9.17) is 18.5 Å². The van der Waals surface area contributed by atoms with Crippen LogP contribution < -0.4 is 5.32 Å². The Balaban J connectivity index is 4.25. The molecule has 0 spiro atoms. The molecule has 0 fully saturated rings. The summed E-state index contributed by atoms with van der Waals surface area (Å²) in [5, 5.41) is 2.82. The molecule has 0 heterocycles. The number of esters is 2. The highest BCUT2D eigenvalue weighted by Crippen LogP contribution is 2.43. The summed E-state index contributed by atoms with van der Waals surface area (Å²) in [5.41, 5.74) is 0. The van der Waals surface area contributed by atoms with Crippen LogP contribution in [0.3, 0.4) is 0 Å². The van der Waals surface area contributed by atoms with Crippen molar-refractivity contribution in [1.82, 2.24) is 5.32 Å². The van der Waals surface area contributed by atoms with Gasteiger partial charge >= 0.3 is 19.8 Å². The number of phosphoric ester groups is 1. The summed E-state index contributed by atoms with van der Waals surface area (Å²) in [6.45, 7) is 4.23. The number of unbranched alkanes of at least 4 members (excludes halogenated alkanes) is 23. The Morgan fingerprint density at radius 1 is 0.574 bits per heavy atom. The van der Waals surface area contributed by atoms with Crippen LogP contribution in [0.5, 0.6) is 0 Å². The normalized spacial score (nSPS) is 13.4. The van der Waals surface area contributed by atoms with Crippen molar-refractivity contribution in [3.8, 4) is 0 Å². The van der Waals surface area contributed by atoms with Crippen molar-refractivity contribution in [3.05, 3.63) is 0 Å². The molecule has 0 aliphatic rings. The van der Waals surface area contributed by atoms with E-state index in [1.54, 1.807) is 7.05 Å². The van der Waals surface area contributed by atoms with E-state index in [-0.39, 0.29) is 25.6 Å². The predicted molar refractivity (Wildman–Crippen MR) is 193 cm³/mol. The van der Waals surface area contributed by atoms with Gasteiger partial charge in [-0.15, -0.1) is 0 Å². The summed E-state index contributed by atoms with van der Waals surface area (Å²) < 4.78 is 33.0. The average molecular weight is 692 g/mol. The summed E-state index contributed by atoms with van der Waals surface area (Å²) in [5.74, 6) is -0.797. The summed E-state index contributed by atoms with van der Waals surface area (Å²) >= 11 is 0. The van der Waals surface area contributed by atoms with Gasteiger partial charge in [-0.05, 0) is 19.9 Å². The molecule has 0 aromatic heterocycles. The molecule has 10 heteroatoms. The van der Waals surface area contributed by atoms with Gasteiger partial charge in [0.25, 0.3) is 0 Å². The van der Waals surface area contributed by atoms with Crippen molar-refractivity contribution >= 4 is 19.8 Å². The molecular formula is C37H74NO8P. The van der Waals surface area contributed by atoms with Crippen LogP contribution in [0.1, 0.15) is 187 Å². The van der Waals surface area contributed by atoms with Crippen molar-refractivity contribution in [3.63, 3.8) is 0 Å². The van der Waals surface area contributed by atoms with Crippen LogP contribution in [0.2, 0.25) is 0 Å². The molecule has 0 bridgehead atoms. The maximum atomic E-state index is 12.5. The molecule has 280 valence electrons. The van der Waals surface area contributed by atoms with Gasteiger partial charge in [0.05, 0.1) is 13.2 Å². The molecular weight excluding hydrogens is 617 g/mol. The Kier molecular flexibility index (Phi) is 34.1. The smallest absolute Gasteiger partial charge is 0.462 e. The zero-order chi connectivity index (χ0) is 34.7. The summed E-state index contributed by atoms with van der Waals surface area (Å²) in [7, 11) is -2.63. The lowest BCUT2D eigenvalue weighted by atomic mass is 10.0. The number of nitrogens with one attached hydrogen (secondary N) is 1. The second kappa shape index (κ2) is 34.9. The van der Waals surface area contributed by atoms with Gasteiger partial charge in [0.2, 0.25) is 0 Å². The number of phosphoric acid groups is 1.